The van der Waals surface area contributed by atoms with E-state index in [0.29, 0.717) is 45.0 Å². The summed E-state index contributed by atoms with van der Waals surface area (Å²) in [6.07, 6.45) is 0. The summed E-state index contributed by atoms with van der Waals surface area (Å²) in [4.78, 5) is 4.46. The van der Waals surface area contributed by atoms with Gasteiger partial charge in [0.25, 0.3) is 0 Å². The number of hydrogen-bond donors (Lipinski definition) is 1. The van der Waals surface area contributed by atoms with Gasteiger partial charge in [0.1, 0.15) is 0 Å². The molecule has 0 atom stereocenters. The minimum atomic E-state index is 0.401. The SMILES string of the molecule is COc1ccc(-c2nnc(CSc3n[nH]c(-c4ccc(Cl)cc4)n3)o2)cc1OC. The molecule has 0 aliphatic rings. The molecule has 0 amide bonds. The highest BCUT2D eigenvalue weighted by atomic mass is 35.5. The van der Waals surface area contributed by atoms with E-state index >= 15 is 0 Å². The van der Waals surface area contributed by atoms with Gasteiger partial charge in [-0.3, -0.25) is 5.10 Å². The number of thioether (sulfide) groups is 1. The topological polar surface area (TPSA) is 99.0 Å². The Labute approximate surface area is 175 Å². The van der Waals surface area contributed by atoms with Crippen molar-refractivity contribution < 1.29 is 13.9 Å². The van der Waals surface area contributed by atoms with Crippen LogP contribution in [0.2, 0.25) is 5.02 Å². The molecule has 8 nitrogen and oxygen atoms in total. The van der Waals surface area contributed by atoms with Gasteiger partial charge in [0, 0.05) is 16.1 Å². The first kappa shape index (κ1) is 19.3. The van der Waals surface area contributed by atoms with Crippen LogP contribution < -0.4 is 9.47 Å². The number of rotatable bonds is 7. The van der Waals surface area contributed by atoms with Crippen LogP contribution in [-0.4, -0.2) is 39.6 Å². The zero-order valence-electron chi connectivity index (χ0n) is 15.5. The number of ether oxygens (including phenoxy) is 2. The highest BCUT2D eigenvalue weighted by Gasteiger charge is 2.14. The van der Waals surface area contributed by atoms with Crippen molar-refractivity contribution in [2.75, 3.05) is 14.2 Å². The van der Waals surface area contributed by atoms with Crippen LogP contribution in [0.5, 0.6) is 11.5 Å². The summed E-state index contributed by atoms with van der Waals surface area (Å²) >= 11 is 7.31. The number of benzene rings is 2. The summed E-state index contributed by atoms with van der Waals surface area (Å²) < 4.78 is 16.3. The van der Waals surface area contributed by atoms with Crippen molar-refractivity contribution in [3.63, 3.8) is 0 Å². The molecular formula is C19H16ClN5O3S. The van der Waals surface area contributed by atoms with Gasteiger partial charge in [-0.15, -0.1) is 15.3 Å². The first-order valence-electron chi connectivity index (χ1n) is 8.52. The molecule has 1 N–H and O–H groups in total. The van der Waals surface area contributed by atoms with E-state index in [9.17, 15) is 0 Å². The van der Waals surface area contributed by atoms with E-state index in [2.05, 4.69) is 25.4 Å². The van der Waals surface area contributed by atoms with Crippen molar-refractivity contribution in [3.8, 4) is 34.3 Å². The lowest BCUT2D eigenvalue weighted by molar-refractivity contribution is 0.355. The second-order valence-electron chi connectivity index (χ2n) is 5.83. The number of methoxy groups -OCH3 is 2. The smallest absolute Gasteiger partial charge is 0.247 e. The highest BCUT2D eigenvalue weighted by molar-refractivity contribution is 7.98. The Morgan fingerprint density at radius 2 is 1.76 bits per heavy atom. The van der Waals surface area contributed by atoms with Crippen LogP contribution in [0.15, 0.2) is 52.0 Å². The minimum absolute atomic E-state index is 0.401. The summed E-state index contributed by atoms with van der Waals surface area (Å²) in [5.74, 6) is 3.21. The number of aromatic amines is 1. The van der Waals surface area contributed by atoms with Crippen LogP contribution in [0.1, 0.15) is 5.89 Å². The summed E-state index contributed by atoms with van der Waals surface area (Å²) in [6.45, 7) is 0. The third kappa shape index (κ3) is 4.36. The Morgan fingerprint density at radius 3 is 2.52 bits per heavy atom. The molecule has 0 saturated carbocycles. The van der Waals surface area contributed by atoms with Crippen molar-refractivity contribution in [2.45, 2.75) is 10.9 Å². The van der Waals surface area contributed by atoms with Crippen molar-refractivity contribution >= 4 is 23.4 Å². The molecule has 0 aliphatic carbocycles. The predicted octanol–water partition coefficient (Wildman–Crippen LogP) is 4.48. The molecular weight excluding hydrogens is 414 g/mol. The number of H-pyrrole nitrogens is 1. The summed E-state index contributed by atoms with van der Waals surface area (Å²) in [6, 6.07) is 12.8. The van der Waals surface area contributed by atoms with Crippen LogP contribution in [0.3, 0.4) is 0 Å². The lowest BCUT2D eigenvalue weighted by Crippen LogP contribution is -1.90. The lowest BCUT2D eigenvalue weighted by Gasteiger charge is -2.07. The highest BCUT2D eigenvalue weighted by Crippen LogP contribution is 2.32. The van der Waals surface area contributed by atoms with Crippen LogP contribution >= 0.6 is 23.4 Å². The van der Waals surface area contributed by atoms with Gasteiger partial charge >= 0.3 is 0 Å². The van der Waals surface area contributed by atoms with Crippen molar-refractivity contribution in [1.29, 1.82) is 0 Å². The molecule has 0 aliphatic heterocycles. The quantitative estimate of drug-likeness (QED) is 0.429. The van der Waals surface area contributed by atoms with Crippen LogP contribution in [0.4, 0.5) is 0 Å². The van der Waals surface area contributed by atoms with Gasteiger partial charge in [-0.2, -0.15) is 0 Å². The first-order valence-corrected chi connectivity index (χ1v) is 9.88. The van der Waals surface area contributed by atoms with Gasteiger partial charge in [-0.05, 0) is 42.5 Å². The molecule has 2 aromatic heterocycles. The number of halogens is 1. The third-order valence-corrected chi connectivity index (χ3v) is 5.09. The summed E-state index contributed by atoms with van der Waals surface area (Å²) in [5.41, 5.74) is 1.65. The standard InChI is InChI=1S/C19H16ClN5O3S/c1-26-14-8-5-12(9-15(14)27-2)18-24-22-16(28-18)10-29-19-21-17(23-25-19)11-3-6-13(20)7-4-11/h3-9H,10H2,1-2H3,(H,21,23,25). The van der Waals surface area contributed by atoms with Crippen molar-refractivity contribution in [2.24, 2.45) is 0 Å². The van der Waals surface area contributed by atoms with Crippen LogP contribution in [-0.2, 0) is 5.75 Å². The fraction of sp³-hybridized carbons (Fsp3) is 0.158. The molecule has 0 bridgehead atoms. The van der Waals surface area contributed by atoms with Crippen LogP contribution in [0.25, 0.3) is 22.8 Å². The average Bonchev–Trinajstić information content (AvgIpc) is 3.42. The van der Waals surface area contributed by atoms with E-state index in [1.165, 1.54) is 11.8 Å². The maximum atomic E-state index is 5.91. The lowest BCUT2D eigenvalue weighted by atomic mass is 10.2. The second-order valence-corrected chi connectivity index (χ2v) is 7.21. The molecule has 4 rings (SSSR count). The number of nitrogens with zero attached hydrogens (tertiary/aromatic N) is 4. The average molecular weight is 430 g/mol. The molecule has 2 aromatic carbocycles. The first-order chi connectivity index (χ1) is 14.2. The fourth-order valence-corrected chi connectivity index (χ4v) is 3.33. The number of nitrogens with one attached hydrogen (secondary N) is 1. The molecule has 148 valence electrons. The number of hydrogen-bond acceptors (Lipinski definition) is 8. The maximum absolute atomic E-state index is 5.91. The van der Waals surface area contributed by atoms with Gasteiger partial charge in [0.15, 0.2) is 17.3 Å². The van der Waals surface area contributed by atoms with Gasteiger partial charge in [0.2, 0.25) is 16.9 Å². The Hall–Kier alpha value is -3.04. The Morgan fingerprint density at radius 1 is 1.00 bits per heavy atom. The predicted molar refractivity (Wildman–Crippen MR) is 109 cm³/mol. The molecule has 10 heteroatoms. The molecule has 2 heterocycles. The number of aromatic nitrogens is 5. The van der Waals surface area contributed by atoms with E-state index in [1.54, 1.807) is 38.5 Å². The zero-order chi connectivity index (χ0) is 20.2. The van der Waals surface area contributed by atoms with E-state index in [1.807, 2.05) is 18.2 Å². The van der Waals surface area contributed by atoms with E-state index in [-0.39, 0.29) is 0 Å². The Bertz CT molecular complexity index is 1110. The van der Waals surface area contributed by atoms with E-state index in [4.69, 9.17) is 25.5 Å². The molecule has 0 unspecified atom stereocenters. The molecule has 4 aromatic rings. The van der Waals surface area contributed by atoms with E-state index < -0.39 is 0 Å². The molecule has 0 saturated heterocycles. The molecule has 29 heavy (non-hydrogen) atoms. The van der Waals surface area contributed by atoms with Gasteiger partial charge in [-0.1, -0.05) is 23.4 Å². The normalized spacial score (nSPS) is 10.9. The largest absolute Gasteiger partial charge is 0.493 e. The summed E-state index contributed by atoms with van der Waals surface area (Å²) in [5, 5.41) is 16.6. The minimum Gasteiger partial charge on any atom is -0.493 e. The Kier molecular flexibility index (Phi) is 5.68. The Balaban J connectivity index is 1.43. The fourth-order valence-electron chi connectivity index (χ4n) is 2.57. The molecule has 0 radical (unpaired) electrons. The summed E-state index contributed by atoms with van der Waals surface area (Å²) in [7, 11) is 3.16. The molecule has 0 spiro atoms. The van der Waals surface area contributed by atoms with Gasteiger partial charge in [0.05, 0.1) is 20.0 Å². The second kappa shape index (κ2) is 8.54. The van der Waals surface area contributed by atoms with E-state index in [0.717, 1.165) is 11.1 Å². The zero-order valence-corrected chi connectivity index (χ0v) is 17.1. The monoisotopic (exact) mass is 429 g/mol. The molecule has 0 fully saturated rings. The van der Waals surface area contributed by atoms with Crippen molar-refractivity contribution in [3.05, 3.63) is 53.4 Å². The van der Waals surface area contributed by atoms with Crippen LogP contribution in [0, 0.1) is 0 Å². The maximum Gasteiger partial charge on any atom is 0.247 e. The van der Waals surface area contributed by atoms with Gasteiger partial charge in [-0.25, -0.2) is 4.98 Å². The third-order valence-electron chi connectivity index (χ3n) is 4.00. The van der Waals surface area contributed by atoms with Crippen molar-refractivity contribution in [1.82, 2.24) is 25.4 Å². The van der Waals surface area contributed by atoms with Gasteiger partial charge < -0.3 is 13.9 Å².